The van der Waals surface area contributed by atoms with Gasteiger partial charge in [-0.15, -0.1) is 0 Å². The fourth-order valence-electron chi connectivity index (χ4n) is 2.56. The second kappa shape index (κ2) is 6.27. The Hall–Kier alpha value is -1.58. The highest BCUT2D eigenvalue weighted by molar-refractivity contribution is 7.89. The van der Waals surface area contributed by atoms with Crippen molar-refractivity contribution in [3.8, 4) is 0 Å². The number of methoxy groups -OCH3 is 1. The Morgan fingerprint density at radius 3 is 2.64 bits per heavy atom. The van der Waals surface area contributed by atoms with Gasteiger partial charge in [-0.3, -0.25) is 4.79 Å². The molecule has 1 heterocycles. The van der Waals surface area contributed by atoms with E-state index in [4.69, 9.17) is 10.5 Å². The van der Waals surface area contributed by atoms with Crippen molar-refractivity contribution in [3.05, 3.63) is 29.8 Å². The van der Waals surface area contributed by atoms with Crippen LogP contribution in [0.3, 0.4) is 0 Å². The van der Waals surface area contributed by atoms with Gasteiger partial charge < -0.3 is 10.5 Å². The Bertz CT molecular complexity index is 681. The first kappa shape index (κ1) is 16.8. The zero-order valence-electron chi connectivity index (χ0n) is 11.8. The number of nitrogens with two attached hydrogens (primary N) is 1. The number of sulfonamides is 1. The van der Waals surface area contributed by atoms with Crippen LogP contribution in [0.15, 0.2) is 23.1 Å². The van der Waals surface area contributed by atoms with Gasteiger partial charge in [-0.1, -0.05) is 0 Å². The molecule has 1 saturated heterocycles. The normalized spacial score (nSPS) is 22.9. The lowest BCUT2D eigenvalue weighted by Gasteiger charge is -2.16. The van der Waals surface area contributed by atoms with E-state index in [2.05, 4.69) is 0 Å². The Labute approximate surface area is 126 Å². The van der Waals surface area contributed by atoms with Crippen LogP contribution >= 0.6 is 0 Å². The smallest absolute Gasteiger partial charge is 0.246 e. The molecule has 22 heavy (non-hydrogen) atoms. The molecule has 2 N–H and O–H groups in total. The summed E-state index contributed by atoms with van der Waals surface area (Å²) in [5.41, 5.74) is 5.27. The van der Waals surface area contributed by atoms with Crippen LogP contribution in [-0.4, -0.2) is 45.4 Å². The molecule has 1 amide bonds. The van der Waals surface area contributed by atoms with Gasteiger partial charge in [-0.2, -0.15) is 4.31 Å². The monoisotopic (exact) mass is 334 g/mol. The average molecular weight is 334 g/mol. The minimum Gasteiger partial charge on any atom is -0.384 e. The number of primary amides is 1. The van der Waals surface area contributed by atoms with Crippen LogP contribution in [0.5, 0.6) is 0 Å². The standard InChI is InChI=1S/C13H16F2N2O4S/c1-21-7-8-5-17(6-10(8)13(16)18)22(19,20)12-3-2-9(14)4-11(12)15/h2-4,8,10H,5-7H2,1H3,(H2,16,18). The Balaban J connectivity index is 2.32. The highest BCUT2D eigenvalue weighted by Gasteiger charge is 2.42. The SMILES string of the molecule is COCC1CN(S(=O)(=O)c2ccc(F)cc2F)CC1C(N)=O. The number of carbonyl (C=O) groups is 1. The summed E-state index contributed by atoms with van der Waals surface area (Å²) in [5, 5.41) is 0. The summed E-state index contributed by atoms with van der Waals surface area (Å²) >= 11 is 0. The molecule has 0 bridgehead atoms. The largest absolute Gasteiger partial charge is 0.384 e. The maximum absolute atomic E-state index is 13.7. The number of rotatable bonds is 5. The molecular formula is C13H16F2N2O4S. The van der Waals surface area contributed by atoms with Gasteiger partial charge in [0.05, 0.1) is 12.5 Å². The third-order valence-corrected chi connectivity index (χ3v) is 5.53. The molecule has 9 heteroatoms. The van der Waals surface area contributed by atoms with Crippen molar-refractivity contribution >= 4 is 15.9 Å². The van der Waals surface area contributed by atoms with Crippen LogP contribution in [0.4, 0.5) is 8.78 Å². The zero-order valence-corrected chi connectivity index (χ0v) is 12.6. The zero-order chi connectivity index (χ0) is 16.5. The van der Waals surface area contributed by atoms with Crippen LogP contribution in [0.1, 0.15) is 0 Å². The highest BCUT2D eigenvalue weighted by atomic mass is 32.2. The Kier molecular flexibility index (Phi) is 4.78. The van der Waals surface area contributed by atoms with Gasteiger partial charge in [0, 0.05) is 32.2 Å². The summed E-state index contributed by atoms with van der Waals surface area (Å²) in [6, 6.07) is 2.23. The van der Waals surface area contributed by atoms with Gasteiger partial charge in [0.2, 0.25) is 15.9 Å². The van der Waals surface area contributed by atoms with Crippen LogP contribution in [0.2, 0.25) is 0 Å². The van der Waals surface area contributed by atoms with E-state index in [1.807, 2.05) is 0 Å². The Morgan fingerprint density at radius 2 is 2.09 bits per heavy atom. The minimum absolute atomic E-state index is 0.0133. The number of carbonyl (C=O) groups excluding carboxylic acids is 1. The lowest BCUT2D eigenvalue weighted by Crippen LogP contribution is -2.32. The number of amides is 1. The fourth-order valence-corrected chi connectivity index (χ4v) is 4.12. The summed E-state index contributed by atoms with van der Waals surface area (Å²) in [6.45, 7) is -0.00532. The topological polar surface area (TPSA) is 89.7 Å². The summed E-state index contributed by atoms with van der Waals surface area (Å²) in [6.07, 6.45) is 0. The number of ether oxygens (including phenoxy) is 1. The second-order valence-electron chi connectivity index (χ2n) is 5.12. The van der Waals surface area contributed by atoms with Gasteiger partial charge in [0.25, 0.3) is 0 Å². The molecule has 0 spiro atoms. The molecule has 0 aliphatic carbocycles. The lowest BCUT2D eigenvalue weighted by atomic mass is 9.96. The van der Waals surface area contributed by atoms with Crippen molar-refractivity contribution in [2.24, 2.45) is 17.6 Å². The number of hydrogen-bond acceptors (Lipinski definition) is 4. The van der Waals surface area contributed by atoms with E-state index in [1.165, 1.54) is 7.11 Å². The van der Waals surface area contributed by atoms with Crippen molar-refractivity contribution in [2.75, 3.05) is 26.8 Å². The first-order valence-corrected chi connectivity index (χ1v) is 7.95. The predicted molar refractivity (Wildman–Crippen MR) is 73.2 cm³/mol. The summed E-state index contributed by atoms with van der Waals surface area (Å²) < 4.78 is 57.5. The van der Waals surface area contributed by atoms with Crippen LogP contribution in [0, 0.1) is 23.5 Å². The molecule has 6 nitrogen and oxygen atoms in total. The lowest BCUT2D eigenvalue weighted by molar-refractivity contribution is -0.122. The minimum atomic E-state index is -4.18. The molecule has 0 aromatic heterocycles. The molecule has 0 saturated carbocycles. The van der Waals surface area contributed by atoms with Crippen molar-refractivity contribution in [2.45, 2.75) is 4.90 Å². The van der Waals surface area contributed by atoms with E-state index in [0.29, 0.717) is 6.07 Å². The van der Waals surface area contributed by atoms with Crippen molar-refractivity contribution in [1.29, 1.82) is 0 Å². The van der Waals surface area contributed by atoms with Gasteiger partial charge in [-0.25, -0.2) is 17.2 Å². The van der Waals surface area contributed by atoms with E-state index in [9.17, 15) is 22.0 Å². The van der Waals surface area contributed by atoms with Gasteiger partial charge in [-0.05, 0) is 12.1 Å². The summed E-state index contributed by atoms with van der Waals surface area (Å²) in [5.74, 6) is -3.80. The van der Waals surface area contributed by atoms with E-state index < -0.39 is 44.3 Å². The second-order valence-corrected chi connectivity index (χ2v) is 7.03. The van der Waals surface area contributed by atoms with Gasteiger partial charge in [0.1, 0.15) is 16.5 Å². The maximum Gasteiger partial charge on any atom is 0.246 e. The third-order valence-electron chi connectivity index (χ3n) is 3.67. The number of hydrogen-bond donors (Lipinski definition) is 1. The molecule has 1 aliphatic rings. The molecule has 2 unspecified atom stereocenters. The van der Waals surface area contributed by atoms with Crippen molar-refractivity contribution in [1.82, 2.24) is 4.31 Å². The van der Waals surface area contributed by atoms with Crippen LogP contribution in [0.25, 0.3) is 0 Å². The first-order valence-electron chi connectivity index (χ1n) is 6.50. The van der Waals surface area contributed by atoms with Crippen LogP contribution < -0.4 is 5.73 Å². The molecule has 2 atom stereocenters. The number of halogens is 2. The van der Waals surface area contributed by atoms with Gasteiger partial charge in [0.15, 0.2) is 0 Å². The molecule has 0 radical (unpaired) electrons. The predicted octanol–water partition coefficient (Wildman–Crippen LogP) is 0.333. The quantitative estimate of drug-likeness (QED) is 0.840. The van der Waals surface area contributed by atoms with Gasteiger partial charge >= 0.3 is 0 Å². The summed E-state index contributed by atoms with van der Waals surface area (Å²) in [4.78, 5) is 10.8. The van der Waals surface area contributed by atoms with Crippen molar-refractivity contribution < 1.29 is 26.7 Å². The molecule has 1 aromatic carbocycles. The molecule has 1 aromatic rings. The van der Waals surface area contributed by atoms with E-state index >= 15 is 0 Å². The molecule has 1 fully saturated rings. The average Bonchev–Trinajstić information content (AvgIpc) is 2.83. The fraction of sp³-hybridized carbons (Fsp3) is 0.462. The molecule has 2 rings (SSSR count). The third kappa shape index (κ3) is 3.11. The first-order chi connectivity index (χ1) is 10.3. The highest BCUT2D eigenvalue weighted by Crippen LogP contribution is 2.30. The number of nitrogens with zero attached hydrogens (tertiary/aromatic N) is 1. The van der Waals surface area contributed by atoms with E-state index in [0.717, 1.165) is 16.4 Å². The number of benzene rings is 1. The van der Waals surface area contributed by atoms with E-state index in [1.54, 1.807) is 0 Å². The molecule has 1 aliphatic heterocycles. The van der Waals surface area contributed by atoms with Crippen molar-refractivity contribution in [3.63, 3.8) is 0 Å². The molecular weight excluding hydrogens is 318 g/mol. The van der Waals surface area contributed by atoms with Crippen LogP contribution in [-0.2, 0) is 19.6 Å². The summed E-state index contributed by atoms with van der Waals surface area (Å²) in [7, 11) is -2.75. The maximum atomic E-state index is 13.7. The molecule has 122 valence electrons. The van der Waals surface area contributed by atoms with E-state index in [-0.39, 0.29) is 19.7 Å². The Morgan fingerprint density at radius 1 is 1.41 bits per heavy atom.